The largest absolute Gasteiger partial charge is 0.408 e. The van der Waals surface area contributed by atoms with Gasteiger partial charge in [0.05, 0.1) is 11.7 Å². The summed E-state index contributed by atoms with van der Waals surface area (Å²) in [6.45, 7) is 3.37. The van der Waals surface area contributed by atoms with Gasteiger partial charge >= 0.3 is 6.01 Å². The number of thiocarbonyl (C=S) groups is 1. The first-order valence-corrected chi connectivity index (χ1v) is 5.05. The Morgan fingerprint density at radius 3 is 2.24 bits per heavy atom. The summed E-state index contributed by atoms with van der Waals surface area (Å²) in [6.07, 6.45) is 0. The van der Waals surface area contributed by atoms with Crippen LogP contribution in [0, 0.1) is 6.92 Å². The lowest BCUT2D eigenvalue weighted by Gasteiger charge is -1.82. The summed E-state index contributed by atoms with van der Waals surface area (Å²) in [4.78, 5) is 13.0. The average Bonchev–Trinajstić information content (AvgIpc) is 2.76. The summed E-state index contributed by atoms with van der Waals surface area (Å²) in [5.74, 6) is 0.611. The number of carbonyl (C=O) groups excluding carboxylic acids is 1. The normalized spacial score (nSPS) is 7.59. The van der Waals surface area contributed by atoms with E-state index in [0.717, 1.165) is 0 Å². The Balaban J connectivity index is 0. The van der Waals surface area contributed by atoms with Crippen molar-refractivity contribution < 1.29 is 9.21 Å². The Morgan fingerprint density at radius 2 is 2.12 bits per heavy atom. The zero-order chi connectivity index (χ0) is 13.7. The van der Waals surface area contributed by atoms with Gasteiger partial charge in [0, 0.05) is 21.0 Å². The van der Waals surface area contributed by atoms with Crippen LogP contribution in [-0.2, 0) is 4.79 Å². The molecule has 1 aromatic heterocycles. The van der Waals surface area contributed by atoms with Gasteiger partial charge in [-0.2, -0.15) is 0 Å². The first-order chi connectivity index (χ1) is 8.01. The molecule has 0 atom stereocenters. The maximum Gasteiger partial charge on any atom is 0.315 e. The minimum absolute atomic E-state index is 0.0324. The van der Waals surface area contributed by atoms with Crippen LogP contribution in [0.25, 0.3) is 0 Å². The van der Waals surface area contributed by atoms with E-state index >= 15 is 0 Å². The Morgan fingerprint density at radius 1 is 1.65 bits per heavy atom. The van der Waals surface area contributed by atoms with Crippen molar-refractivity contribution >= 4 is 29.2 Å². The van der Waals surface area contributed by atoms with Crippen LogP contribution in [0.2, 0.25) is 0 Å². The lowest BCUT2D eigenvalue weighted by atomic mass is 10.5. The van der Waals surface area contributed by atoms with Crippen LogP contribution >= 0.6 is 12.2 Å². The number of nitrogens with two attached hydrogens (primary N) is 1. The first-order valence-electron chi connectivity index (χ1n) is 4.65. The molecule has 0 fully saturated rings. The molecule has 1 rings (SSSR count). The van der Waals surface area contributed by atoms with E-state index in [2.05, 4.69) is 37.9 Å². The SMILES string of the molecule is CC(=O)CN.CN=C=S.CNc1nnc(C)o1. The summed E-state index contributed by atoms with van der Waals surface area (Å²) in [7, 11) is 3.32. The number of anilines is 1. The number of rotatable bonds is 2. The van der Waals surface area contributed by atoms with Crippen LogP contribution in [0.3, 0.4) is 0 Å². The zero-order valence-electron chi connectivity index (χ0n) is 10.4. The van der Waals surface area contributed by atoms with Crippen molar-refractivity contribution in [3.63, 3.8) is 0 Å². The molecule has 1 aromatic rings. The van der Waals surface area contributed by atoms with E-state index in [1.165, 1.54) is 6.92 Å². The molecule has 0 aliphatic carbocycles. The number of Topliss-reactive ketones (excluding diaryl/α,β-unsaturated/α-hetero) is 1. The Labute approximate surface area is 106 Å². The van der Waals surface area contributed by atoms with Crippen molar-refractivity contribution in [2.24, 2.45) is 10.7 Å². The molecular formula is C9H17N5O2S. The Kier molecular flexibility index (Phi) is 13.0. The second-order valence-electron chi connectivity index (χ2n) is 2.60. The first kappa shape index (κ1) is 17.8. The molecule has 0 aliphatic rings. The molecular weight excluding hydrogens is 242 g/mol. The van der Waals surface area contributed by atoms with E-state index < -0.39 is 0 Å². The quantitative estimate of drug-likeness (QED) is 0.594. The number of isothiocyanates is 1. The fourth-order valence-electron chi connectivity index (χ4n) is 0.398. The molecule has 0 spiro atoms. The molecule has 0 bridgehead atoms. The van der Waals surface area contributed by atoms with Crippen LogP contribution in [0.15, 0.2) is 9.41 Å². The molecule has 0 amide bonds. The predicted octanol–water partition coefficient (Wildman–Crippen LogP) is 0.673. The Bertz CT molecular complexity index is 360. The molecule has 8 heteroatoms. The molecule has 0 aromatic carbocycles. The second-order valence-corrected chi connectivity index (χ2v) is 2.78. The fraction of sp³-hybridized carbons (Fsp3) is 0.556. The lowest BCUT2D eigenvalue weighted by molar-refractivity contribution is -0.115. The smallest absolute Gasteiger partial charge is 0.315 e. The van der Waals surface area contributed by atoms with E-state index in [4.69, 9.17) is 10.2 Å². The van der Waals surface area contributed by atoms with E-state index in [9.17, 15) is 4.79 Å². The van der Waals surface area contributed by atoms with E-state index in [-0.39, 0.29) is 12.3 Å². The number of ketones is 1. The third-order valence-corrected chi connectivity index (χ3v) is 1.30. The zero-order valence-corrected chi connectivity index (χ0v) is 11.2. The fourth-order valence-corrected chi connectivity index (χ4v) is 0.398. The maximum atomic E-state index is 9.69. The predicted molar refractivity (Wildman–Crippen MR) is 69.3 cm³/mol. The van der Waals surface area contributed by atoms with Gasteiger partial charge in [0.25, 0.3) is 0 Å². The summed E-state index contributed by atoms with van der Waals surface area (Å²) < 4.78 is 4.90. The molecule has 3 N–H and O–H groups in total. The van der Waals surface area contributed by atoms with Gasteiger partial charge in [-0.15, -0.1) is 5.10 Å². The minimum atomic E-state index is 0.0324. The summed E-state index contributed by atoms with van der Waals surface area (Å²) in [5, 5.41) is 12.1. The molecule has 0 radical (unpaired) electrons. The van der Waals surface area contributed by atoms with Gasteiger partial charge in [-0.3, -0.25) is 4.79 Å². The molecule has 17 heavy (non-hydrogen) atoms. The molecule has 0 aliphatic heterocycles. The summed E-state index contributed by atoms with van der Waals surface area (Å²) in [6, 6.07) is 0.461. The highest BCUT2D eigenvalue weighted by Gasteiger charge is 1.94. The minimum Gasteiger partial charge on any atom is -0.408 e. The van der Waals surface area contributed by atoms with Crippen LogP contribution in [-0.4, -0.2) is 41.8 Å². The molecule has 1 heterocycles. The van der Waals surface area contributed by atoms with Crippen molar-refractivity contribution in [1.29, 1.82) is 0 Å². The molecule has 0 saturated carbocycles. The van der Waals surface area contributed by atoms with E-state index in [0.29, 0.717) is 11.9 Å². The maximum absolute atomic E-state index is 9.69. The van der Waals surface area contributed by atoms with Gasteiger partial charge < -0.3 is 15.5 Å². The Hall–Kier alpha value is -1.63. The number of hydrogen-bond acceptors (Lipinski definition) is 8. The van der Waals surface area contributed by atoms with Gasteiger partial charge in [-0.25, -0.2) is 4.99 Å². The average molecular weight is 259 g/mol. The number of nitrogens with zero attached hydrogens (tertiary/aromatic N) is 3. The van der Waals surface area contributed by atoms with Crippen LogP contribution in [0.4, 0.5) is 6.01 Å². The summed E-state index contributed by atoms with van der Waals surface area (Å²) in [5.41, 5.74) is 4.82. The second kappa shape index (κ2) is 12.4. The molecule has 0 saturated heterocycles. The topological polar surface area (TPSA) is 106 Å². The van der Waals surface area contributed by atoms with Gasteiger partial charge in [0.2, 0.25) is 5.89 Å². The highest BCUT2D eigenvalue weighted by molar-refractivity contribution is 7.78. The van der Waals surface area contributed by atoms with E-state index in [1.54, 1.807) is 21.0 Å². The summed E-state index contributed by atoms with van der Waals surface area (Å²) >= 11 is 4.14. The highest BCUT2D eigenvalue weighted by atomic mass is 32.1. The van der Waals surface area contributed by atoms with Crippen molar-refractivity contribution in [2.45, 2.75) is 13.8 Å². The van der Waals surface area contributed by atoms with Gasteiger partial charge in [0.15, 0.2) is 0 Å². The monoisotopic (exact) mass is 259 g/mol. The highest BCUT2D eigenvalue weighted by Crippen LogP contribution is 2.00. The van der Waals surface area contributed by atoms with Crippen LogP contribution < -0.4 is 11.1 Å². The van der Waals surface area contributed by atoms with Crippen LogP contribution in [0.5, 0.6) is 0 Å². The lowest BCUT2D eigenvalue weighted by Crippen LogP contribution is -2.07. The third kappa shape index (κ3) is 14.4. The third-order valence-electron chi connectivity index (χ3n) is 1.12. The molecule has 7 nitrogen and oxygen atoms in total. The number of aliphatic imine (C=N–C) groups is 1. The number of aromatic nitrogens is 2. The van der Waals surface area contributed by atoms with Crippen molar-refractivity contribution in [2.75, 3.05) is 26.0 Å². The number of aryl methyl sites for hydroxylation is 1. The van der Waals surface area contributed by atoms with Crippen molar-refractivity contribution in [3.05, 3.63) is 5.89 Å². The van der Waals surface area contributed by atoms with E-state index in [1.807, 2.05) is 0 Å². The molecule has 96 valence electrons. The number of hydrogen-bond donors (Lipinski definition) is 2. The van der Waals surface area contributed by atoms with Crippen molar-refractivity contribution in [3.8, 4) is 0 Å². The van der Waals surface area contributed by atoms with Crippen molar-refractivity contribution in [1.82, 2.24) is 10.2 Å². The number of nitrogens with one attached hydrogen (secondary N) is 1. The van der Waals surface area contributed by atoms with Crippen LogP contribution in [0.1, 0.15) is 12.8 Å². The van der Waals surface area contributed by atoms with Gasteiger partial charge in [0.1, 0.15) is 5.78 Å². The van der Waals surface area contributed by atoms with Gasteiger partial charge in [-0.1, -0.05) is 5.10 Å². The standard InChI is InChI=1S/C4H7N3O.C3H7NO.C2H3NS/c1-3-6-7-4(5-2)8-3;1-3(5)2-4;1-3-2-4/h1-2H3,(H,5,7);2,4H2,1H3;1H3. The number of carbonyl (C=O) groups is 1. The van der Waals surface area contributed by atoms with Gasteiger partial charge in [-0.05, 0) is 19.1 Å². The molecule has 0 unspecified atom stereocenters.